The maximum atomic E-state index is 4.90. The van der Waals surface area contributed by atoms with Gasteiger partial charge < -0.3 is 4.52 Å². The van der Waals surface area contributed by atoms with E-state index < -0.39 is 0 Å². The van der Waals surface area contributed by atoms with Gasteiger partial charge in [0.1, 0.15) is 0 Å². The van der Waals surface area contributed by atoms with Crippen molar-refractivity contribution in [2.75, 3.05) is 5.75 Å². The highest BCUT2D eigenvalue weighted by atomic mass is 32.2. The number of rotatable bonds is 1. The molecule has 60 valence electrons. The van der Waals surface area contributed by atoms with E-state index in [1.54, 1.807) is 0 Å². The standard InChI is InChI=1S/C7H10N2OS/c1-5-8-7(9-10-5)6-3-2-4-11-6/h6H,2-4H2,1H3. The fourth-order valence-corrected chi connectivity index (χ4v) is 2.42. The van der Waals surface area contributed by atoms with Crippen LogP contribution in [0.25, 0.3) is 0 Å². The van der Waals surface area contributed by atoms with E-state index in [9.17, 15) is 0 Å². The molecular weight excluding hydrogens is 160 g/mol. The molecule has 11 heavy (non-hydrogen) atoms. The average Bonchev–Trinajstić information content (AvgIpc) is 2.55. The largest absolute Gasteiger partial charge is 0.340 e. The second-order valence-electron chi connectivity index (χ2n) is 2.67. The van der Waals surface area contributed by atoms with Gasteiger partial charge in [0, 0.05) is 6.92 Å². The molecule has 1 fully saturated rings. The van der Waals surface area contributed by atoms with Crippen LogP contribution in [0.1, 0.15) is 29.8 Å². The van der Waals surface area contributed by atoms with E-state index in [0.29, 0.717) is 11.1 Å². The van der Waals surface area contributed by atoms with Gasteiger partial charge in [-0.25, -0.2) is 0 Å². The third-order valence-electron chi connectivity index (χ3n) is 1.76. The maximum Gasteiger partial charge on any atom is 0.223 e. The molecule has 1 aliphatic rings. The van der Waals surface area contributed by atoms with Crippen molar-refractivity contribution in [2.45, 2.75) is 25.0 Å². The molecule has 2 rings (SSSR count). The SMILES string of the molecule is Cc1nc(C2CCCS2)no1. The first-order chi connectivity index (χ1) is 5.36. The number of aromatic nitrogens is 2. The Morgan fingerprint density at radius 1 is 1.64 bits per heavy atom. The summed E-state index contributed by atoms with van der Waals surface area (Å²) in [4.78, 5) is 4.19. The smallest absolute Gasteiger partial charge is 0.223 e. The van der Waals surface area contributed by atoms with E-state index in [-0.39, 0.29) is 0 Å². The fourth-order valence-electron chi connectivity index (χ4n) is 1.23. The van der Waals surface area contributed by atoms with Crippen LogP contribution < -0.4 is 0 Å². The Labute approximate surface area is 69.6 Å². The second-order valence-corrected chi connectivity index (χ2v) is 3.98. The van der Waals surface area contributed by atoms with Gasteiger partial charge in [0.2, 0.25) is 5.89 Å². The summed E-state index contributed by atoms with van der Waals surface area (Å²) in [5, 5.41) is 4.38. The molecule has 0 radical (unpaired) electrons. The lowest BCUT2D eigenvalue weighted by molar-refractivity contribution is 0.387. The Balaban J connectivity index is 2.15. The molecule has 1 unspecified atom stereocenters. The van der Waals surface area contributed by atoms with Crippen LogP contribution in [0.4, 0.5) is 0 Å². The number of nitrogens with zero attached hydrogens (tertiary/aromatic N) is 2. The van der Waals surface area contributed by atoms with E-state index in [1.165, 1.54) is 18.6 Å². The Hall–Kier alpha value is -0.510. The van der Waals surface area contributed by atoms with Gasteiger partial charge in [-0.05, 0) is 18.6 Å². The lowest BCUT2D eigenvalue weighted by atomic mass is 10.2. The minimum atomic E-state index is 0.493. The van der Waals surface area contributed by atoms with Crippen molar-refractivity contribution >= 4 is 11.8 Å². The first kappa shape index (κ1) is 7.16. The molecule has 0 aliphatic carbocycles. The van der Waals surface area contributed by atoms with Gasteiger partial charge in [0.05, 0.1) is 5.25 Å². The molecule has 4 heteroatoms. The Bertz CT molecular complexity index is 242. The van der Waals surface area contributed by atoms with Crippen molar-refractivity contribution in [3.8, 4) is 0 Å². The molecule has 2 heterocycles. The summed E-state index contributed by atoms with van der Waals surface area (Å²) in [7, 11) is 0. The lowest BCUT2D eigenvalue weighted by Crippen LogP contribution is -1.90. The van der Waals surface area contributed by atoms with Gasteiger partial charge in [-0.2, -0.15) is 16.7 Å². The number of hydrogen-bond donors (Lipinski definition) is 0. The van der Waals surface area contributed by atoms with Gasteiger partial charge in [0.15, 0.2) is 5.82 Å². The Morgan fingerprint density at radius 2 is 2.55 bits per heavy atom. The summed E-state index contributed by atoms with van der Waals surface area (Å²) in [6.07, 6.45) is 2.48. The summed E-state index contributed by atoms with van der Waals surface area (Å²) in [6, 6.07) is 0. The third kappa shape index (κ3) is 1.40. The summed E-state index contributed by atoms with van der Waals surface area (Å²) >= 11 is 1.92. The highest BCUT2D eigenvalue weighted by molar-refractivity contribution is 7.99. The third-order valence-corrected chi connectivity index (χ3v) is 3.13. The van der Waals surface area contributed by atoms with Crippen LogP contribution in [-0.4, -0.2) is 15.9 Å². The monoisotopic (exact) mass is 170 g/mol. The number of thioether (sulfide) groups is 1. The number of aryl methyl sites for hydroxylation is 1. The zero-order chi connectivity index (χ0) is 7.68. The first-order valence-electron chi connectivity index (χ1n) is 3.78. The van der Waals surface area contributed by atoms with Crippen molar-refractivity contribution in [3.63, 3.8) is 0 Å². The van der Waals surface area contributed by atoms with E-state index >= 15 is 0 Å². The summed E-state index contributed by atoms with van der Waals surface area (Å²) < 4.78 is 4.90. The van der Waals surface area contributed by atoms with Gasteiger partial charge in [-0.15, -0.1) is 0 Å². The predicted octanol–water partition coefficient (Wildman–Crippen LogP) is 1.95. The average molecular weight is 170 g/mol. The normalized spacial score (nSPS) is 24.3. The molecule has 0 aromatic carbocycles. The zero-order valence-electron chi connectivity index (χ0n) is 6.41. The summed E-state index contributed by atoms with van der Waals surface area (Å²) in [5.74, 6) is 2.79. The Kier molecular flexibility index (Phi) is 1.85. The van der Waals surface area contributed by atoms with Gasteiger partial charge >= 0.3 is 0 Å². The molecule has 0 saturated carbocycles. The van der Waals surface area contributed by atoms with E-state index in [4.69, 9.17) is 4.52 Å². The van der Waals surface area contributed by atoms with Crippen LogP contribution in [0, 0.1) is 6.92 Å². The predicted molar refractivity (Wildman–Crippen MR) is 43.5 cm³/mol. The highest BCUT2D eigenvalue weighted by Crippen LogP contribution is 2.38. The molecule has 1 aromatic heterocycles. The minimum Gasteiger partial charge on any atom is -0.340 e. The zero-order valence-corrected chi connectivity index (χ0v) is 7.23. The maximum absolute atomic E-state index is 4.90. The molecule has 0 bridgehead atoms. The Morgan fingerprint density at radius 3 is 3.09 bits per heavy atom. The molecule has 1 saturated heterocycles. The van der Waals surface area contributed by atoms with Crippen molar-refractivity contribution in [1.82, 2.24) is 10.1 Å². The summed E-state index contributed by atoms with van der Waals surface area (Å²) in [5.41, 5.74) is 0. The van der Waals surface area contributed by atoms with Crippen molar-refractivity contribution in [1.29, 1.82) is 0 Å². The minimum absolute atomic E-state index is 0.493. The van der Waals surface area contributed by atoms with Crippen LogP contribution in [0.2, 0.25) is 0 Å². The van der Waals surface area contributed by atoms with Crippen LogP contribution in [0.3, 0.4) is 0 Å². The van der Waals surface area contributed by atoms with Crippen molar-refractivity contribution in [3.05, 3.63) is 11.7 Å². The molecule has 1 aliphatic heterocycles. The quantitative estimate of drug-likeness (QED) is 0.645. The van der Waals surface area contributed by atoms with Gasteiger partial charge in [0.25, 0.3) is 0 Å². The molecule has 1 atom stereocenters. The van der Waals surface area contributed by atoms with E-state index in [2.05, 4.69) is 10.1 Å². The summed E-state index contributed by atoms with van der Waals surface area (Å²) in [6.45, 7) is 1.83. The number of hydrogen-bond acceptors (Lipinski definition) is 4. The molecule has 0 N–H and O–H groups in total. The van der Waals surface area contributed by atoms with Crippen molar-refractivity contribution in [2.24, 2.45) is 0 Å². The van der Waals surface area contributed by atoms with Crippen LogP contribution in [0.15, 0.2) is 4.52 Å². The van der Waals surface area contributed by atoms with Crippen LogP contribution in [-0.2, 0) is 0 Å². The van der Waals surface area contributed by atoms with Crippen LogP contribution in [0.5, 0.6) is 0 Å². The van der Waals surface area contributed by atoms with Gasteiger partial charge in [-0.3, -0.25) is 0 Å². The highest BCUT2D eigenvalue weighted by Gasteiger charge is 2.21. The topological polar surface area (TPSA) is 38.9 Å². The van der Waals surface area contributed by atoms with Crippen LogP contribution >= 0.6 is 11.8 Å². The van der Waals surface area contributed by atoms with E-state index in [0.717, 1.165) is 5.82 Å². The molecular formula is C7H10N2OS. The molecule has 3 nitrogen and oxygen atoms in total. The molecule has 0 spiro atoms. The first-order valence-corrected chi connectivity index (χ1v) is 4.83. The van der Waals surface area contributed by atoms with Gasteiger partial charge in [-0.1, -0.05) is 5.16 Å². The van der Waals surface area contributed by atoms with Crippen molar-refractivity contribution < 1.29 is 4.52 Å². The molecule has 1 aromatic rings. The molecule has 0 amide bonds. The lowest BCUT2D eigenvalue weighted by Gasteiger charge is -1.98. The second kappa shape index (κ2) is 2.85. The van der Waals surface area contributed by atoms with E-state index in [1.807, 2.05) is 18.7 Å². The fraction of sp³-hybridized carbons (Fsp3) is 0.714.